The zero-order chi connectivity index (χ0) is 21.5. The van der Waals surface area contributed by atoms with Crippen molar-refractivity contribution in [3.8, 4) is 5.75 Å². The van der Waals surface area contributed by atoms with E-state index < -0.39 is 11.9 Å². The number of rotatable bonds is 7. The van der Waals surface area contributed by atoms with Gasteiger partial charge in [0.15, 0.2) is 0 Å². The number of para-hydroxylation sites is 1. The number of benzene rings is 3. The molecule has 0 saturated heterocycles. The zero-order valence-corrected chi connectivity index (χ0v) is 16.8. The van der Waals surface area contributed by atoms with Crippen molar-refractivity contribution in [3.63, 3.8) is 0 Å². The predicted octanol–water partition coefficient (Wildman–Crippen LogP) is 5.15. The highest BCUT2D eigenvalue weighted by atomic mass is 35.5. The Morgan fingerprint density at radius 2 is 1.73 bits per heavy atom. The molecule has 0 heterocycles. The molecule has 152 valence electrons. The Morgan fingerprint density at radius 1 is 1.03 bits per heavy atom. The highest BCUT2D eigenvalue weighted by Gasteiger charge is 2.09. The molecule has 0 saturated carbocycles. The molecule has 0 aliphatic carbocycles. The number of halogens is 1. The lowest BCUT2D eigenvalue weighted by atomic mass is 10.1. The van der Waals surface area contributed by atoms with Crippen LogP contribution in [0.15, 0.2) is 71.7 Å². The van der Waals surface area contributed by atoms with E-state index in [0.29, 0.717) is 22.0 Å². The monoisotopic (exact) mass is 423 g/mol. The van der Waals surface area contributed by atoms with Crippen LogP contribution in [0.1, 0.15) is 31.8 Å². The van der Waals surface area contributed by atoms with Crippen molar-refractivity contribution in [1.29, 1.82) is 0 Å². The number of aromatic carboxylic acids is 1. The summed E-state index contributed by atoms with van der Waals surface area (Å²) in [5, 5.41) is 9.37. The summed E-state index contributed by atoms with van der Waals surface area (Å²) < 4.78 is 10.6. The number of carbonyl (C=O) groups is 2. The van der Waals surface area contributed by atoms with Gasteiger partial charge in [-0.3, -0.25) is 4.99 Å². The topological polar surface area (TPSA) is 85.2 Å². The van der Waals surface area contributed by atoms with E-state index in [0.717, 1.165) is 11.1 Å². The molecule has 0 radical (unpaired) electrons. The third-order valence-corrected chi connectivity index (χ3v) is 4.54. The van der Waals surface area contributed by atoms with Crippen LogP contribution in [-0.2, 0) is 11.3 Å². The van der Waals surface area contributed by atoms with Crippen LogP contribution in [0.3, 0.4) is 0 Å². The van der Waals surface area contributed by atoms with Crippen LogP contribution in [0.2, 0.25) is 5.02 Å². The van der Waals surface area contributed by atoms with E-state index >= 15 is 0 Å². The number of ether oxygens (including phenoxy) is 2. The summed E-state index contributed by atoms with van der Waals surface area (Å²) in [6.07, 6.45) is 1.60. The van der Waals surface area contributed by atoms with Crippen LogP contribution in [0.4, 0.5) is 5.69 Å². The third-order valence-electron chi connectivity index (χ3n) is 4.22. The maximum Gasteiger partial charge on any atom is 0.337 e. The van der Waals surface area contributed by atoms with Crippen LogP contribution in [0.5, 0.6) is 5.75 Å². The van der Waals surface area contributed by atoms with Crippen LogP contribution in [0, 0.1) is 0 Å². The van der Waals surface area contributed by atoms with Crippen molar-refractivity contribution in [2.75, 3.05) is 7.11 Å². The van der Waals surface area contributed by atoms with Crippen molar-refractivity contribution in [1.82, 2.24) is 0 Å². The van der Waals surface area contributed by atoms with E-state index in [4.69, 9.17) is 26.2 Å². The first kappa shape index (κ1) is 21.1. The Kier molecular flexibility index (Phi) is 6.83. The molecule has 0 fully saturated rings. The van der Waals surface area contributed by atoms with Crippen LogP contribution in [0.25, 0.3) is 0 Å². The summed E-state index contributed by atoms with van der Waals surface area (Å²) in [7, 11) is 1.31. The Bertz CT molecular complexity index is 1090. The second-order valence-corrected chi connectivity index (χ2v) is 6.65. The smallest absolute Gasteiger partial charge is 0.337 e. The number of aliphatic imine (C=N–C) groups is 1. The van der Waals surface area contributed by atoms with Crippen molar-refractivity contribution in [3.05, 3.63) is 94.0 Å². The Balaban J connectivity index is 1.77. The Morgan fingerprint density at radius 3 is 2.43 bits per heavy atom. The molecule has 0 aliphatic heterocycles. The summed E-state index contributed by atoms with van der Waals surface area (Å²) >= 11 is 6.19. The normalized spacial score (nSPS) is 10.7. The Labute approximate surface area is 178 Å². The van der Waals surface area contributed by atoms with Gasteiger partial charge in [-0.05, 0) is 48.0 Å². The molecule has 0 aromatic heterocycles. The molecule has 3 aromatic rings. The van der Waals surface area contributed by atoms with Crippen LogP contribution in [-0.4, -0.2) is 30.4 Å². The first-order valence-electron chi connectivity index (χ1n) is 8.94. The molecule has 0 atom stereocenters. The zero-order valence-electron chi connectivity index (χ0n) is 16.0. The van der Waals surface area contributed by atoms with Gasteiger partial charge in [0.2, 0.25) is 0 Å². The van der Waals surface area contributed by atoms with Gasteiger partial charge in [0.05, 0.1) is 28.9 Å². The molecule has 0 spiro atoms. The molecular weight excluding hydrogens is 406 g/mol. The van der Waals surface area contributed by atoms with Gasteiger partial charge in [0, 0.05) is 11.8 Å². The van der Waals surface area contributed by atoms with Crippen molar-refractivity contribution < 1.29 is 24.2 Å². The number of carboxylic acid groups (broad SMARTS) is 1. The fourth-order valence-electron chi connectivity index (χ4n) is 2.62. The van der Waals surface area contributed by atoms with Gasteiger partial charge in [-0.15, -0.1) is 0 Å². The highest BCUT2D eigenvalue weighted by Crippen LogP contribution is 2.27. The van der Waals surface area contributed by atoms with Crippen molar-refractivity contribution in [2.24, 2.45) is 4.99 Å². The lowest BCUT2D eigenvalue weighted by Crippen LogP contribution is -2.01. The van der Waals surface area contributed by atoms with Crippen LogP contribution < -0.4 is 4.74 Å². The summed E-state index contributed by atoms with van der Waals surface area (Å²) in [4.78, 5) is 27.0. The highest BCUT2D eigenvalue weighted by molar-refractivity contribution is 6.33. The number of methoxy groups -OCH3 is 1. The average Bonchev–Trinajstić information content (AvgIpc) is 2.77. The van der Waals surface area contributed by atoms with Gasteiger partial charge in [0.1, 0.15) is 12.4 Å². The van der Waals surface area contributed by atoms with E-state index in [1.54, 1.807) is 42.6 Å². The minimum Gasteiger partial charge on any atom is -0.488 e. The minimum absolute atomic E-state index is 0.220. The molecule has 0 aliphatic rings. The van der Waals surface area contributed by atoms with E-state index in [1.807, 2.05) is 18.2 Å². The maximum atomic E-state index is 11.7. The molecule has 0 amide bonds. The molecule has 0 unspecified atom stereocenters. The summed E-state index contributed by atoms with van der Waals surface area (Å²) in [5.41, 5.74) is 2.55. The number of hydrogen-bond donors (Lipinski definition) is 1. The van der Waals surface area contributed by atoms with E-state index in [1.165, 1.54) is 19.2 Å². The fraction of sp³-hybridized carbons (Fsp3) is 0.0870. The van der Waals surface area contributed by atoms with Gasteiger partial charge in [-0.1, -0.05) is 35.9 Å². The number of esters is 1. The van der Waals surface area contributed by atoms with E-state index in [9.17, 15) is 9.59 Å². The van der Waals surface area contributed by atoms with E-state index in [2.05, 4.69) is 4.99 Å². The standard InChI is InChI=1S/C23H18ClNO5/c1-29-23(28)17-10-11-19(24)20(12-17)25-13-18-4-2-3-5-21(18)30-14-15-6-8-16(9-7-15)22(26)27/h2-13H,14H2,1H3,(H,26,27). The number of carboxylic acids is 1. The third kappa shape index (κ3) is 5.24. The SMILES string of the molecule is COC(=O)c1ccc(Cl)c(N=Cc2ccccc2OCc2ccc(C(=O)O)cc2)c1. The lowest BCUT2D eigenvalue weighted by molar-refractivity contribution is 0.0600. The predicted molar refractivity (Wildman–Crippen MR) is 114 cm³/mol. The molecule has 3 aromatic carbocycles. The van der Waals surface area contributed by atoms with Gasteiger partial charge in [-0.2, -0.15) is 0 Å². The first-order chi connectivity index (χ1) is 14.5. The minimum atomic E-state index is -0.973. The van der Waals surface area contributed by atoms with Crippen molar-refractivity contribution in [2.45, 2.75) is 6.61 Å². The first-order valence-corrected chi connectivity index (χ1v) is 9.31. The summed E-state index contributed by atoms with van der Waals surface area (Å²) in [6, 6.07) is 18.5. The summed E-state index contributed by atoms with van der Waals surface area (Å²) in [5.74, 6) is -0.844. The average molecular weight is 424 g/mol. The maximum absolute atomic E-state index is 11.7. The van der Waals surface area contributed by atoms with E-state index in [-0.39, 0.29) is 12.2 Å². The van der Waals surface area contributed by atoms with Gasteiger partial charge < -0.3 is 14.6 Å². The molecule has 30 heavy (non-hydrogen) atoms. The number of carbonyl (C=O) groups excluding carboxylic acids is 1. The van der Waals surface area contributed by atoms with Gasteiger partial charge in [-0.25, -0.2) is 9.59 Å². The molecule has 0 bridgehead atoms. The Hall–Kier alpha value is -3.64. The number of hydrogen-bond acceptors (Lipinski definition) is 5. The fourth-order valence-corrected chi connectivity index (χ4v) is 2.79. The van der Waals surface area contributed by atoms with Crippen LogP contribution >= 0.6 is 11.6 Å². The molecule has 3 rings (SSSR count). The molecule has 1 N–H and O–H groups in total. The van der Waals surface area contributed by atoms with Gasteiger partial charge in [0.25, 0.3) is 0 Å². The largest absolute Gasteiger partial charge is 0.488 e. The number of nitrogens with zero attached hydrogens (tertiary/aromatic N) is 1. The quantitative estimate of drug-likeness (QED) is 0.419. The second-order valence-electron chi connectivity index (χ2n) is 6.24. The second kappa shape index (κ2) is 9.71. The lowest BCUT2D eigenvalue weighted by Gasteiger charge is -2.09. The molecular formula is C23H18ClNO5. The summed E-state index contributed by atoms with van der Waals surface area (Å²) in [6.45, 7) is 0.267. The van der Waals surface area contributed by atoms with Gasteiger partial charge >= 0.3 is 11.9 Å². The molecule has 7 heteroatoms. The molecule has 6 nitrogen and oxygen atoms in total. The van der Waals surface area contributed by atoms with Crippen molar-refractivity contribution >= 4 is 35.4 Å².